The van der Waals surface area contributed by atoms with Crippen LogP contribution in [0.5, 0.6) is 0 Å². The Balaban J connectivity index is 1.66. The summed E-state index contributed by atoms with van der Waals surface area (Å²) in [6, 6.07) is 16.8. The van der Waals surface area contributed by atoms with E-state index in [4.69, 9.17) is 4.74 Å². The fourth-order valence-corrected chi connectivity index (χ4v) is 2.80. The zero-order valence-electron chi connectivity index (χ0n) is 17.9. The molecule has 31 heavy (non-hydrogen) atoms. The highest BCUT2D eigenvalue weighted by atomic mass is 16.5. The van der Waals surface area contributed by atoms with E-state index in [0.717, 1.165) is 28.2 Å². The molecule has 2 aromatic carbocycles. The molecule has 0 saturated carbocycles. The molecule has 3 rings (SSSR count). The third-order valence-corrected chi connectivity index (χ3v) is 4.49. The average molecular weight is 418 g/mol. The molecule has 1 aromatic heterocycles. The second kappa shape index (κ2) is 10.3. The van der Waals surface area contributed by atoms with E-state index in [1.807, 2.05) is 68.4 Å². The van der Waals surface area contributed by atoms with Crippen LogP contribution in [0.15, 0.2) is 60.8 Å². The first-order valence-electron chi connectivity index (χ1n) is 10.2. The van der Waals surface area contributed by atoms with Crippen molar-refractivity contribution in [2.45, 2.75) is 27.2 Å². The van der Waals surface area contributed by atoms with E-state index in [0.29, 0.717) is 12.6 Å². The average Bonchev–Trinajstić information content (AvgIpc) is 2.76. The molecular weight excluding hydrogens is 392 g/mol. The lowest BCUT2D eigenvalue weighted by Gasteiger charge is -2.10. The number of hydrogen-bond donors (Lipinski definition) is 2. The number of nitrogens with one attached hydrogen (secondary N) is 2. The molecular formula is C24H26N4O3. The van der Waals surface area contributed by atoms with Gasteiger partial charge in [0.05, 0.1) is 18.7 Å². The first-order chi connectivity index (χ1) is 14.9. The van der Waals surface area contributed by atoms with Gasteiger partial charge in [-0.15, -0.1) is 0 Å². The SMILES string of the molecule is CCOC(=O)Cc1ccc(Nc2nccc(-c3ccc(NC(=O)C(C)C)cc3)n2)cc1. The fourth-order valence-electron chi connectivity index (χ4n) is 2.80. The lowest BCUT2D eigenvalue weighted by Crippen LogP contribution is -2.17. The number of rotatable bonds is 8. The molecule has 3 aromatic rings. The summed E-state index contributed by atoms with van der Waals surface area (Å²) in [5, 5.41) is 6.05. The van der Waals surface area contributed by atoms with Crippen LogP contribution in [0.3, 0.4) is 0 Å². The summed E-state index contributed by atoms with van der Waals surface area (Å²) in [6.45, 7) is 5.87. The topological polar surface area (TPSA) is 93.2 Å². The number of carbonyl (C=O) groups excluding carboxylic acids is 2. The summed E-state index contributed by atoms with van der Waals surface area (Å²) < 4.78 is 4.97. The Bertz CT molecular complexity index is 1030. The highest BCUT2D eigenvalue weighted by molar-refractivity contribution is 5.92. The van der Waals surface area contributed by atoms with E-state index >= 15 is 0 Å². The Morgan fingerprint density at radius 3 is 2.29 bits per heavy atom. The predicted molar refractivity (Wildman–Crippen MR) is 121 cm³/mol. The number of amides is 1. The molecule has 0 aliphatic carbocycles. The van der Waals surface area contributed by atoms with Gasteiger partial charge >= 0.3 is 5.97 Å². The molecule has 0 aliphatic heterocycles. The van der Waals surface area contributed by atoms with Crippen molar-refractivity contribution >= 4 is 29.2 Å². The summed E-state index contributed by atoms with van der Waals surface area (Å²) in [5.74, 6) is 0.130. The minimum Gasteiger partial charge on any atom is -0.466 e. The number of carbonyl (C=O) groups is 2. The van der Waals surface area contributed by atoms with Crippen LogP contribution in [0.2, 0.25) is 0 Å². The molecule has 0 atom stereocenters. The standard InChI is InChI=1S/C24H26N4O3/c1-4-31-22(29)15-17-5-9-20(10-6-17)27-24-25-14-13-21(28-24)18-7-11-19(12-8-18)26-23(30)16(2)3/h5-14,16H,4,15H2,1-3H3,(H,26,30)(H,25,27,28). The first-order valence-corrected chi connectivity index (χ1v) is 10.2. The lowest BCUT2D eigenvalue weighted by atomic mass is 10.1. The van der Waals surface area contributed by atoms with Gasteiger partial charge in [0.15, 0.2) is 0 Å². The monoisotopic (exact) mass is 418 g/mol. The minimum atomic E-state index is -0.242. The molecule has 0 spiro atoms. The highest BCUT2D eigenvalue weighted by Crippen LogP contribution is 2.22. The number of aromatic nitrogens is 2. The molecule has 0 fully saturated rings. The second-order valence-electron chi connectivity index (χ2n) is 7.29. The summed E-state index contributed by atoms with van der Waals surface area (Å²) in [5.41, 5.74) is 4.12. The Kier molecular flexibility index (Phi) is 7.32. The highest BCUT2D eigenvalue weighted by Gasteiger charge is 2.08. The van der Waals surface area contributed by atoms with Crippen molar-refractivity contribution in [3.63, 3.8) is 0 Å². The number of esters is 1. The zero-order chi connectivity index (χ0) is 22.2. The number of hydrogen-bond acceptors (Lipinski definition) is 6. The lowest BCUT2D eigenvalue weighted by molar-refractivity contribution is -0.142. The summed E-state index contributed by atoms with van der Waals surface area (Å²) in [6.07, 6.45) is 1.93. The molecule has 7 heteroatoms. The van der Waals surface area contributed by atoms with Gasteiger partial charge in [0.2, 0.25) is 11.9 Å². The predicted octanol–water partition coefficient (Wildman–Crippen LogP) is 4.59. The summed E-state index contributed by atoms with van der Waals surface area (Å²) >= 11 is 0. The second-order valence-corrected chi connectivity index (χ2v) is 7.29. The molecule has 1 amide bonds. The molecule has 0 saturated heterocycles. The van der Waals surface area contributed by atoms with Gasteiger partial charge in [-0.3, -0.25) is 9.59 Å². The van der Waals surface area contributed by atoms with Crippen molar-refractivity contribution in [1.29, 1.82) is 0 Å². The van der Waals surface area contributed by atoms with Crippen molar-refractivity contribution in [3.8, 4) is 11.3 Å². The third-order valence-electron chi connectivity index (χ3n) is 4.49. The van der Waals surface area contributed by atoms with Crippen LogP contribution >= 0.6 is 0 Å². The summed E-state index contributed by atoms with van der Waals surface area (Å²) in [4.78, 5) is 32.3. The maximum atomic E-state index is 11.8. The molecule has 1 heterocycles. The number of nitrogens with zero attached hydrogens (tertiary/aromatic N) is 2. The Morgan fingerprint density at radius 2 is 1.65 bits per heavy atom. The van der Waals surface area contributed by atoms with E-state index in [1.165, 1.54) is 0 Å². The number of anilines is 3. The van der Waals surface area contributed by atoms with E-state index in [9.17, 15) is 9.59 Å². The zero-order valence-corrected chi connectivity index (χ0v) is 17.9. The smallest absolute Gasteiger partial charge is 0.310 e. The Hall–Kier alpha value is -3.74. The van der Waals surface area contributed by atoms with Crippen LogP contribution in [-0.2, 0) is 20.7 Å². The van der Waals surface area contributed by atoms with E-state index in [2.05, 4.69) is 20.6 Å². The molecule has 0 aliphatic rings. The van der Waals surface area contributed by atoms with Crippen molar-refractivity contribution in [1.82, 2.24) is 9.97 Å². The number of benzene rings is 2. The van der Waals surface area contributed by atoms with Crippen LogP contribution in [0.25, 0.3) is 11.3 Å². The third kappa shape index (κ3) is 6.37. The molecule has 160 valence electrons. The Morgan fingerprint density at radius 1 is 0.968 bits per heavy atom. The van der Waals surface area contributed by atoms with Gasteiger partial charge in [-0.1, -0.05) is 38.1 Å². The normalized spacial score (nSPS) is 10.6. The van der Waals surface area contributed by atoms with Gasteiger partial charge < -0.3 is 15.4 Å². The molecule has 0 radical (unpaired) electrons. The molecule has 7 nitrogen and oxygen atoms in total. The van der Waals surface area contributed by atoms with Crippen molar-refractivity contribution in [2.24, 2.45) is 5.92 Å². The van der Waals surface area contributed by atoms with Gasteiger partial charge in [-0.05, 0) is 42.8 Å². The summed E-state index contributed by atoms with van der Waals surface area (Å²) in [7, 11) is 0. The van der Waals surface area contributed by atoms with Crippen LogP contribution in [0, 0.1) is 5.92 Å². The van der Waals surface area contributed by atoms with Crippen LogP contribution in [-0.4, -0.2) is 28.5 Å². The van der Waals surface area contributed by atoms with Gasteiger partial charge in [0, 0.05) is 29.1 Å². The van der Waals surface area contributed by atoms with Gasteiger partial charge in [0.1, 0.15) is 0 Å². The van der Waals surface area contributed by atoms with E-state index in [-0.39, 0.29) is 24.2 Å². The van der Waals surface area contributed by atoms with Crippen LogP contribution in [0.1, 0.15) is 26.3 Å². The van der Waals surface area contributed by atoms with Crippen LogP contribution in [0.4, 0.5) is 17.3 Å². The first kappa shape index (κ1) is 22.0. The van der Waals surface area contributed by atoms with Gasteiger partial charge in [-0.25, -0.2) is 9.97 Å². The molecule has 0 bridgehead atoms. The molecule has 0 unspecified atom stereocenters. The quantitative estimate of drug-likeness (QED) is 0.520. The van der Waals surface area contributed by atoms with Crippen molar-refractivity contribution in [3.05, 3.63) is 66.4 Å². The van der Waals surface area contributed by atoms with Crippen molar-refractivity contribution < 1.29 is 14.3 Å². The molecule has 2 N–H and O–H groups in total. The maximum Gasteiger partial charge on any atom is 0.310 e. The largest absolute Gasteiger partial charge is 0.466 e. The van der Waals surface area contributed by atoms with E-state index in [1.54, 1.807) is 13.1 Å². The van der Waals surface area contributed by atoms with Crippen molar-refractivity contribution in [2.75, 3.05) is 17.2 Å². The van der Waals surface area contributed by atoms with E-state index < -0.39 is 0 Å². The number of ether oxygens (including phenoxy) is 1. The van der Waals surface area contributed by atoms with Crippen LogP contribution < -0.4 is 10.6 Å². The minimum absolute atomic E-state index is 0.0189. The van der Waals surface area contributed by atoms with Gasteiger partial charge in [-0.2, -0.15) is 0 Å². The van der Waals surface area contributed by atoms with Gasteiger partial charge in [0.25, 0.3) is 0 Å². The fraction of sp³-hybridized carbons (Fsp3) is 0.250. The Labute approximate surface area is 181 Å². The maximum absolute atomic E-state index is 11.8.